The highest BCUT2D eigenvalue weighted by Crippen LogP contribution is 2.21. The molecule has 1 unspecified atom stereocenters. The molecular formula is C14H22O3. The largest absolute Gasteiger partial charge is 0.466 e. The van der Waals surface area contributed by atoms with Gasteiger partial charge in [-0.3, -0.25) is 9.59 Å². The van der Waals surface area contributed by atoms with E-state index in [0.717, 1.165) is 38.5 Å². The smallest absolute Gasteiger partial charge is 0.305 e. The van der Waals surface area contributed by atoms with Gasteiger partial charge in [0.25, 0.3) is 0 Å². The minimum Gasteiger partial charge on any atom is -0.466 e. The topological polar surface area (TPSA) is 43.4 Å². The third-order valence-electron chi connectivity index (χ3n) is 3.09. The molecule has 0 fully saturated rings. The van der Waals surface area contributed by atoms with E-state index >= 15 is 0 Å². The summed E-state index contributed by atoms with van der Waals surface area (Å²) in [4.78, 5) is 22.4. The van der Waals surface area contributed by atoms with Crippen LogP contribution in [0.2, 0.25) is 0 Å². The molecule has 0 N–H and O–H groups in total. The zero-order valence-corrected chi connectivity index (χ0v) is 10.6. The fourth-order valence-corrected chi connectivity index (χ4v) is 2.11. The maximum atomic E-state index is 11.3. The number of rotatable bonds is 8. The lowest BCUT2D eigenvalue weighted by molar-refractivity contribution is -0.143. The number of ether oxygens (including phenoxy) is 1. The molecule has 3 nitrogen and oxygen atoms in total. The standard InChI is InChI=1S/C14H22O3/c1-2-17-14(16)11-6-4-3-5-8-12-9-7-10-13(12)15/h7,10,12H,2-6,8-9,11H2,1H3. The minimum atomic E-state index is -0.0947. The van der Waals surface area contributed by atoms with Crippen LogP contribution in [0, 0.1) is 5.92 Å². The summed E-state index contributed by atoms with van der Waals surface area (Å²) in [6, 6.07) is 0. The van der Waals surface area contributed by atoms with Crippen LogP contribution in [0.4, 0.5) is 0 Å². The number of allylic oxidation sites excluding steroid dienone is 2. The molecule has 17 heavy (non-hydrogen) atoms. The first-order chi connectivity index (χ1) is 8.24. The van der Waals surface area contributed by atoms with E-state index in [1.54, 1.807) is 6.08 Å². The predicted molar refractivity (Wildman–Crippen MR) is 66.6 cm³/mol. The van der Waals surface area contributed by atoms with Gasteiger partial charge in [-0.05, 0) is 32.3 Å². The summed E-state index contributed by atoms with van der Waals surface area (Å²) in [5, 5.41) is 0. The maximum absolute atomic E-state index is 11.3. The van der Waals surface area contributed by atoms with Crippen molar-refractivity contribution < 1.29 is 14.3 Å². The number of hydrogen-bond donors (Lipinski definition) is 0. The molecule has 0 radical (unpaired) electrons. The predicted octanol–water partition coefficient (Wildman–Crippen LogP) is 3.04. The SMILES string of the molecule is CCOC(=O)CCCCCCC1CC=CC1=O. The van der Waals surface area contributed by atoms with Gasteiger partial charge in [0.15, 0.2) is 5.78 Å². The molecule has 0 saturated heterocycles. The zero-order valence-electron chi connectivity index (χ0n) is 10.6. The van der Waals surface area contributed by atoms with Crippen LogP contribution in [-0.4, -0.2) is 18.4 Å². The molecule has 0 aromatic carbocycles. The lowest BCUT2D eigenvalue weighted by Crippen LogP contribution is -2.06. The normalized spacial score (nSPS) is 18.6. The van der Waals surface area contributed by atoms with E-state index in [1.165, 1.54) is 0 Å². The Labute approximate surface area is 103 Å². The number of carbonyl (C=O) groups is 2. The number of unbranched alkanes of at least 4 members (excludes halogenated alkanes) is 3. The van der Waals surface area contributed by atoms with Crippen molar-refractivity contribution in [3.63, 3.8) is 0 Å². The first-order valence-corrected chi connectivity index (χ1v) is 6.60. The van der Waals surface area contributed by atoms with Gasteiger partial charge in [-0.2, -0.15) is 0 Å². The Hall–Kier alpha value is -1.12. The van der Waals surface area contributed by atoms with Crippen molar-refractivity contribution in [1.29, 1.82) is 0 Å². The van der Waals surface area contributed by atoms with E-state index in [0.29, 0.717) is 13.0 Å². The molecule has 0 bridgehead atoms. The van der Waals surface area contributed by atoms with E-state index < -0.39 is 0 Å². The third kappa shape index (κ3) is 5.66. The molecule has 0 aromatic rings. The summed E-state index contributed by atoms with van der Waals surface area (Å²) in [6.07, 6.45) is 10.2. The van der Waals surface area contributed by atoms with Gasteiger partial charge in [-0.1, -0.05) is 25.3 Å². The van der Waals surface area contributed by atoms with Crippen molar-refractivity contribution >= 4 is 11.8 Å². The van der Waals surface area contributed by atoms with Crippen molar-refractivity contribution in [2.24, 2.45) is 5.92 Å². The second-order valence-corrected chi connectivity index (χ2v) is 4.50. The number of hydrogen-bond acceptors (Lipinski definition) is 3. The Balaban J connectivity index is 1.91. The zero-order chi connectivity index (χ0) is 12.5. The van der Waals surface area contributed by atoms with Crippen LogP contribution in [-0.2, 0) is 14.3 Å². The molecule has 0 spiro atoms. The molecular weight excluding hydrogens is 216 g/mol. The minimum absolute atomic E-state index is 0.0947. The summed E-state index contributed by atoms with van der Waals surface area (Å²) in [6.45, 7) is 2.29. The molecule has 0 aromatic heterocycles. The van der Waals surface area contributed by atoms with Gasteiger partial charge in [-0.25, -0.2) is 0 Å². The number of ketones is 1. The highest BCUT2D eigenvalue weighted by Gasteiger charge is 2.18. The van der Waals surface area contributed by atoms with Crippen LogP contribution in [0.15, 0.2) is 12.2 Å². The van der Waals surface area contributed by atoms with Crippen molar-refractivity contribution in [2.75, 3.05) is 6.61 Å². The molecule has 3 heteroatoms. The monoisotopic (exact) mass is 238 g/mol. The second kappa shape index (κ2) is 8.04. The molecule has 1 aliphatic carbocycles. The van der Waals surface area contributed by atoms with E-state index in [9.17, 15) is 9.59 Å². The van der Waals surface area contributed by atoms with E-state index in [4.69, 9.17) is 4.74 Å². The molecule has 0 aliphatic heterocycles. The van der Waals surface area contributed by atoms with Gasteiger partial charge in [0, 0.05) is 12.3 Å². The Morgan fingerprint density at radius 2 is 2.12 bits per heavy atom. The Morgan fingerprint density at radius 1 is 1.35 bits per heavy atom. The maximum Gasteiger partial charge on any atom is 0.305 e. The van der Waals surface area contributed by atoms with Crippen LogP contribution in [0.1, 0.15) is 51.9 Å². The lowest BCUT2D eigenvalue weighted by Gasteiger charge is -2.07. The summed E-state index contributed by atoms with van der Waals surface area (Å²) in [7, 11) is 0. The molecule has 0 amide bonds. The van der Waals surface area contributed by atoms with Gasteiger partial charge < -0.3 is 4.74 Å². The highest BCUT2D eigenvalue weighted by molar-refractivity contribution is 5.93. The average Bonchev–Trinajstić information content (AvgIpc) is 2.70. The third-order valence-corrected chi connectivity index (χ3v) is 3.09. The van der Waals surface area contributed by atoms with E-state index in [-0.39, 0.29) is 17.7 Å². The van der Waals surface area contributed by atoms with Gasteiger partial charge in [0.2, 0.25) is 0 Å². The van der Waals surface area contributed by atoms with Gasteiger partial charge in [0.05, 0.1) is 6.61 Å². The quantitative estimate of drug-likeness (QED) is 0.482. The summed E-state index contributed by atoms with van der Waals surface area (Å²) in [5.41, 5.74) is 0. The van der Waals surface area contributed by atoms with Crippen molar-refractivity contribution in [1.82, 2.24) is 0 Å². The van der Waals surface area contributed by atoms with Gasteiger partial charge in [0.1, 0.15) is 0 Å². The van der Waals surface area contributed by atoms with Gasteiger partial charge in [-0.15, -0.1) is 0 Å². The molecule has 0 saturated carbocycles. The van der Waals surface area contributed by atoms with E-state index in [2.05, 4.69) is 0 Å². The van der Waals surface area contributed by atoms with Crippen LogP contribution in [0.3, 0.4) is 0 Å². The fourth-order valence-electron chi connectivity index (χ4n) is 2.11. The summed E-state index contributed by atoms with van der Waals surface area (Å²) in [5.74, 6) is 0.430. The first kappa shape index (κ1) is 13.9. The van der Waals surface area contributed by atoms with Crippen LogP contribution >= 0.6 is 0 Å². The average molecular weight is 238 g/mol. The lowest BCUT2D eigenvalue weighted by atomic mass is 9.98. The fraction of sp³-hybridized carbons (Fsp3) is 0.714. The molecule has 1 aliphatic rings. The van der Waals surface area contributed by atoms with Crippen molar-refractivity contribution in [3.8, 4) is 0 Å². The Kier molecular flexibility index (Phi) is 6.60. The van der Waals surface area contributed by atoms with Crippen LogP contribution in [0.5, 0.6) is 0 Å². The molecule has 1 atom stereocenters. The molecule has 0 heterocycles. The first-order valence-electron chi connectivity index (χ1n) is 6.60. The Morgan fingerprint density at radius 3 is 2.76 bits per heavy atom. The highest BCUT2D eigenvalue weighted by atomic mass is 16.5. The number of carbonyl (C=O) groups excluding carboxylic acids is 2. The second-order valence-electron chi connectivity index (χ2n) is 4.50. The Bertz CT molecular complexity index is 281. The van der Waals surface area contributed by atoms with Crippen molar-refractivity contribution in [3.05, 3.63) is 12.2 Å². The molecule has 1 rings (SSSR count). The molecule has 96 valence electrons. The van der Waals surface area contributed by atoms with Crippen LogP contribution in [0.25, 0.3) is 0 Å². The van der Waals surface area contributed by atoms with E-state index in [1.807, 2.05) is 13.0 Å². The van der Waals surface area contributed by atoms with Crippen molar-refractivity contribution in [2.45, 2.75) is 51.9 Å². The summed E-state index contributed by atoms with van der Waals surface area (Å²) >= 11 is 0. The summed E-state index contributed by atoms with van der Waals surface area (Å²) < 4.78 is 4.85. The number of esters is 1. The van der Waals surface area contributed by atoms with Gasteiger partial charge >= 0.3 is 5.97 Å². The van der Waals surface area contributed by atoms with Crippen LogP contribution < -0.4 is 0 Å².